The van der Waals surface area contributed by atoms with Gasteiger partial charge in [-0.15, -0.1) is 0 Å². The molecule has 4 nitrogen and oxygen atoms in total. The van der Waals surface area contributed by atoms with Gasteiger partial charge >= 0.3 is 0 Å². The van der Waals surface area contributed by atoms with Crippen molar-refractivity contribution in [2.45, 2.75) is 39.4 Å². The Balaban J connectivity index is 1.62. The van der Waals surface area contributed by atoms with E-state index in [1.54, 1.807) is 0 Å². The van der Waals surface area contributed by atoms with Crippen LogP contribution in [0.25, 0.3) is 0 Å². The van der Waals surface area contributed by atoms with Crippen molar-refractivity contribution in [2.24, 2.45) is 0 Å². The summed E-state index contributed by atoms with van der Waals surface area (Å²) >= 11 is 0. The summed E-state index contributed by atoms with van der Waals surface area (Å²) in [5.74, 6) is 0. The quantitative estimate of drug-likeness (QED) is 0.661. The van der Waals surface area contributed by atoms with Gasteiger partial charge < -0.3 is 0 Å². The van der Waals surface area contributed by atoms with Crippen molar-refractivity contribution in [3.8, 4) is 0 Å². The molecule has 0 spiro atoms. The molecule has 0 saturated heterocycles. The van der Waals surface area contributed by atoms with Crippen molar-refractivity contribution in [3.05, 3.63) is 83.4 Å². The van der Waals surface area contributed by atoms with E-state index >= 15 is 0 Å². The van der Waals surface area contributed by atoms with Gasteiger partial charge in [0.2, 0.25) is 0 Å². The molecule has 130 valence electrons. The summed E-state index contributed by atoms with van der Waals surface area (Å²) in [4.78, 5) is 6.80. The zero-order chi connectivity index (χ0) is 17.6. The van der Waals surface area contributed by atoms with Crippen LogP contribution in [-0.2, 0) is 19.5 Å². The predicted molar refractivity (Wildman–Crippen MR) is 101 cm³/mol. The first-order chi connectivity index (χ1) is 12.1. The smallest absolute Gasteiger partial charge is 0.0662 e. The molecule has 3 aromatic rings. The van der Waals surface area contributed by atoms with Crippen LogP contribution in [0, 0.1) is 6.92 Å². The van der Waals surface area contributed by atoms with Crippen LogP contribution in [0.15, 0.2) is 60.9 Å². The molecule has 0 fully saturated rings. The molecule has 4 heteroatoms. The highest BCUT2D eigenvalue weighted by atomic mass is 15.3. The number of benzene rings is 1. The van der Waals surface area contributed by atoms with Crippen LogP contribution in [0.3, 0.4) is 0 Å². The molecular formula is C21H26N4. The van der Waals surface area contributed by atoms with Gasteiger partial charge in [0, 0.05) is 42.2 Å². The number of aromatic nitrogens is 3. The second-order valence-corrected chi connectivity index (χ2v) is 6.69. The molecule has 0 radical (unpaired) electrons. The maximum absolute atomic E-state index is 4.59. The van der Waals surface area contributed by atoms with Crippen molar-refractivity contribution >= 4 is 0 Å². The SMILES string of the molecule is Cc1c(CN(C)[C@H](C)Cc2ccccn2)cnn1Cc1ccccc1. The summed E-state index contributed by atoms with van der Waals surface area (Å²) in [6.07, 6.45) is 4.82. The lowest BCUT2D eigenvalue weighted by molar-refractivity contribution is 0.246. The Labute approximate surface area is 150 Å². The van der Waals surface area contributed by atoms with E-state index in [0.717, 1.165) is 25.2 Å². The monoisotopic (exact) mass is 334 g/mol. The fraction of sp³-hybridized carbons (Fsp3) is 0.333. The third-order valence-electron chi connectivity index (χ3n) is 4.78. The number of pyridine rings is 1. The Bertz CT molecular complexity index is 780. The van der Waals surface area contributed by atoms with E-state index in [4.69, 9.17) is 0 Å². The molecule has 0 unspecified atom stereocenters. The molecule has 0 aliphatic rings. The molecule has 0 bridgehead atoms. The molecule has 0 aliphatic heterocycles. The second kappa shape index (κ2) is 8.08. The summed E-state index contributed by atoms with van der Waals surface area (Å²) < 4.78 is 2.09. The lowest BCUT2D eigenvalue weighted by Gasteiger charge is -2.24. The molecule has 0 amide bonds. The number of nitrogens with zero attached hydrogens (tertiary/aromatic N) is 4. The van der Waals surface area contributed by atoms with Crippen LogP contribution in [-0.4, -0.2) is 32.8 Å². The zero-order valence-corrected chi connectivity index (χ0v) is 15.3. The van der Waals surface area contributed by atoms with Crippen LogP contribution in [0.4, 0.5) is 0 Å². The van der Waals surface area contributed by atoms with Gasteiger partial charge in [0.25, 0.3) is 0 Å². The summed E-state index contributed by atoms with van der Waals surface area (Å²) in [5, 5.41) is 4.59. The first-order valence-electron chi connectivity index (χ1n) is 8.79. The number of rotatable bonds is 7. The Morgan fingerprint density at radius 2 is 1.84 bits per heavy atom. The minimum Gasteiger partial charge on any atom is -0.299 e. The molecule has 0 saturated carbocycles. The third kappa shape index (κ3) is 4.54. The highest BCUT2D eigenvalue weighted by Gasteiger charge is 2.14. The molecule has 25 heavy (non-hydrogen) atoms. The van der Waals surface area contributed by atoms with Crippen LogP contribution in [0.5, 0.6) is 0 Å². The highest BCUT2D eigenvalue weighted by Crippen LogP contribution is 2.14. The number of hydrogen-bond acceptors (Lipinski definition) is 3. The molecule has 1 aromatic carbocycles. The molecular weight excluding hydrogens is 308 g/mol. The van der Waals surface area contributed by atoms with Crippen LogP contribution >= 0.6 is 0 Å². The van der Waals surface area contributed by atoms with Gasteiger partial charge in [0.05, 0.1) is 12.7 Å². The van der Waals surface area contributed by atoms with E-state index in [1.807, 2.05) is 30.6 Å². The van der Waals surface area contributed by atoms with Crippen molar-refractivity contribution in [2.75, 3.05) is 7.05 Å². The Hall–Kier alpha value is -2.46. The van der Waals surface area contributed by atoms with Crippen molar-refractivity contribution in [1.29, 1.82) is 0 Å². The number of hydrogen-bond donors (Lipinski definition) is 0. The van der Waals surface area contributed by atoms with Gasteiger partial charge in [-0.05, 0) is 38.6 Å². The minimum absolute atomic E-state index is 0.423. The molecule has 0 N–H and O–H groups in total. The second-order valence-electron chi connectivity index (χ2n) is 6.69. The van der Waals surface area contributed by atoms with Crippen LogP contribution in [0.2, 0.25) is 0 Å². The van der Waals surface area contributed by atoms with Crippen molar-refractivity contribution < 1.29 is 0 Å². The maximum Gasteiger partial charge on any atom is 0.0662 e. The van der Waals surface area contributed by atoms with Crippen molar-refractivity contribution in [3.63, 3.8) is 0 Å². The van der Waals surface area contributed by atoms with E-state index in [9.17, 15) is 0 Å². The number of likely N-dealkylation sites (N-methyl/N-ethyl adjacent to an activating group) is 1. The van der Waals surface area contributed by atoms with Gasteiger partial charge in [-0.1, -0.05) is 36.4 Å². The normalized spacial score (nSPS) is 12.5. The van der Waals surface area contributed by atoms with E-state index in [1.165, 1.54) is 16.8 Å². The minimum atomic E-state index is 0.423. The lowest BCUT2D eigenvalue weighted by Crippen LogP contribution is -2.30. The summed E-state index contributed by atoms with van der Waals surface area (Å²) in [5.41, 5.74) is 4.93. The Kier molecular flexibility index (Phi) is 5.61. The van der Waals surface area contributed by atoms with Gasteiger partial charge in [-0.3, -0.25) is 14.6 Å². The molecule has 1 atom stereocenters. The molecule has 2 aromatic heterocycles. The van der Waals surface area contributed by atoms with E-state index in [-0.39, 0.29) is 0 Å². The highest BCUT2D eigenvalue weighted by molar-refractivity contribution is 5.20. The fourth-order valence-corrected chi connectivity index (χ4v) is 2.96. The Morgan fingerprint density at radius 1 is 1.08 bits per heavy atom. The average molecular weight is 334 g/mol. The van der Waals surface area contributed by atoms with Gasteiger partial charge in [-0.25, -0.2) is 0 Å². The van der Waals surface area contributed by atoms with Crippen LogP contribution < -0.4 is 0 Å². The van der Waals surface area contributed by atoms with Crippen LogP contribution in [0.1, 0.15) is 29.4 Å². The zero-order valence-electron chi connectivity index (χ0n) is 15.3. The lowest BCUT2D eigenvalue weighted by atomic mass is 10.1. The van der Waals surface area contributed by atoms with E-state index < -0.39 is 0 Å². The topological polar surface area (TPSA) is 34.0 Å². The first-order valence-corrected chi connectivity index (χ1v) is 8.79. The largest absolute Gasteiger partial charge is 0.299 e. The average Bonchev–Trinajstić information content (AvgIpc) is 2.97. The van der Waals surface area contributed by atoms with E-state index in [0.29, 0.717) is 6.04 Å². The summed E-state index contributed by atoms with van der Waals surface area (Å²) in [7, 11) is 2.17. The first kappa shape index (κ1) is 17.4. The molecule has 3 rings (SSSR count). The Morgan fingerprint density at radius 3 is 2.56 bits per heavy atom. The standard InChI is InChI=1S/C21H26N4/c1-17(13-21-11-7-8-12-22-21)24(3)16-20-14-23-25(18(20)2)15-19-9-5-4-6-10-19/h4-12,14,17H,13,15-16H2,1-3H3/t17-/m1/s1. The summed E-state index contributed by atoms with van der Waals surface area (Å²) in [6.45, 7) is 6.12. The molecule has 0 aliphatic carbocycles. The summed E-state index contributed by atoms with van der Waals surface area (Å²) in [6, 6.07) is 17.0. The third-order valence-corrected chi connectivity index (χ3v) is 4.78. The van der Waals surface area contributed by atoms with Gasteiger partial charge in [0.15, 0.2) is 0 Å². The fourth-order valence-electron chi connectivity index (χ4n) is 2.96. The predicted octanol–water partition coefficient (Wildman–Crippen LogP) is 3.70. The maximum atomic E-state index is 4.59. The van der Waals surface area contributed by atoms with Crippen molar-refractivity contribution in [1.82, 2.24) is 19.7 Å². The molecule has 2 heterocycles. The van der Waals surface area contributed by atoms with E-state index in [2.05, 4.69) is 70.9 Å². The van der Waals surface area contributed by atoms with Gasteiger partial charge in [-0.2, -0.15) is 5.10 Å². The van der Waals surface area contributed by atoms with Gasteiger partial charge in [0.1, 0.15) is 0 Å².